The van der Waals surface area contributed by atoms with Crippen molar-refractivity contribution in [3.63, 3.8) is 0 Å². The molecule has 0 bridgehead atoms. The van der Waals surface area contributed by atoms with Crippen LogP contribution in [0.2, 0.25) is 0 Å². The minimum Gasteiger partial charge on any atom is -0.359 e. The average molecular weight is 294 g/mol. The third-order valence-corrected chi connectivity index (χ3v) is 4.04. The van der Waals surface area contributed by atoms with Crippen molar-refractivity contribution in [2.75, 3.05) is 25.5 Å². The van der Waals surface area contributed by atoms with Crippen LogP contribution < -0.4 is 5.32 Å². The van der Waals surface area contributed by atoms with Gasteiger partial charge in [0.2, 0.25) is 11.0 Å². The molecule has 0 spiro atoms. The molecule has 1 saturated carbocycles. The van der Waals surface area contributed by atoms with Gasteiger partial charge >= 0.3 is 6.18 Å². The van der Waals surface area contributed by atoms with E-state index in [1.807, 2.05) is 0 Å². The summed E-state index contributed by atoms with van der Waals surface area (Å²) in [4.78, 5) is 5.68. The molecule has 0 atom stereocenters. The Hall–Kier alpha value is -0.890. The fraction of sp³-hybridized carbons (Fsp3) is 0.818. The molecule has 1 heterocycles. The van der Waals surface area contributed by atoms with Gasteiger partial charge in [-0.1, -0.05) is 12.8 Å². The zero-order chi connectivity index (χ0) is 13.9. The Morgan fingerprint density at radius 1 is 1.37 bits per heavy atom. The maximum absolute atomic E-state index is 12.3. The van der Waals surface area contributed by atoms with Gasteiger partial charge in [-0.3, -0.25) is 0 Å². The summed E-state index contributed by atoms with van der Waals surface area (Å²) in [5, 5.41) is 3.12. The highest BCUT2D eigenvalue weighted by Crippen LogP contribution is 2.28. The summed E-state index contributed by atoms with van der Waals surface area (Å²) < 4.78 is 40.2. The molecule has 108 valence electrons. The highest BCUT2D eigenvalue weighted by Gasteiger charge is 2.36. The number of nitrogens with zero attached hydrogens (tertiary/aromatic N) is 3. The molecule has 0 saturated heterocycles. The number of hydrogen-bond donors (Lipinski definition) is 1. The number of likely N-dealkylation sites (N-methyl/N-ethyl adjacent to an activating group) is 1. The van der Waals surface area contributed by atoms with E-state index in [0.29, 0.717) is 12.6 Å². The van der Waals surface area contributed by atoms with E-state index in [1.54, 1.807) is 0 Å². The largest absolute Gasteiger partial charge is 0.452 e. The van der Waals surface area contributed by atoms with E-state index < -0.39 is 12.0 Å². The number of alkyl halides is 3. The summed E-state index contributed by atoms with van der Waals surface area (Å²) in [6, 6.07) is 0.613. The molecule has 0 amide bonds. The SMILES string of the molecule is CN(CCNc1nc(C(F)(F)F)ns1)C1CCCC1. The van der Waals surface area contributed by atoms with Gasteiger partial charge in [0.15, 0.2) is 0 Å². The Morgan fingerprint density at radius 2 is 2.05 bits per heavy atom. The van der Waals surface area contributed by atoms with Gasteiger partial charge in [0, 0.05) is 30.7 Å². The van der Waals surface area contributed by atoms with Crippen LogP contribution in [0.5, 0.6) is 0 Å². The predicted octanol–water partition coefficient (Wildman–Crippen LogP) is 2.84. The van der Waals surface area contributed by atoms with E-state index in [1.165, 1.54) is 25.7 Å². The van der Waals surface area contributed by atoms with Crippen LogP contribution in [-0.4, -0.2) is 40.4 Å². The highest BCUT2D eigenvalue weighted by molar-refractivity contribution is 7.09. The first kappa shape index (κ1) is 14.5. The molecule has 8 heteroatoms. The molecule has 2 rings (SSSR count). The zero-order valence-corrected chi connectivity index (χ0v) is 11.5. The van der Waals surface area contributed by atoms with E-state index in [2.05, 4.69) is 26.6 Å². The summed E-state index contributed by atoms with van der Waals surface area (Å²) in [6.45, 7) is 1.38. The van der Waals surface area contributed by atoms with Crippen molar-refractivity contribution in [2.24, 2.45) is 0 Å². The van der Waals surface area contributed by atoms with Crippen LogP contribution in [0.4, 0.5) is 18.3 Å². The average Bonchev–Trinajstić information content (AvgIpc) is 2.99. The molecule has 0 aromatic carbocycles. The Balaban J connectivity index is 1.74. The molecule has 19 heavy (non-hydrogen) atoms. The lowest BCUT2D eigenvalue weighted by Crippen LogP contribution is -2.33. The summed E-state index contributed by atoms with van der Waals surface area (Å²) in [7, 11) is 2.05. The zero-order valence-electron chi connectivity index (χ0n) is 10.7. The molecule has 1 aliphatic rings. The minimum atomic E-state index is -4.46. The van der Waals surface area contributed by atoms with Crippen LogP contribution in [-0.2, 0) is 6.18 Å². The maximum Gasteiger partial charge on any atom is 0.452 e. The summed E-state index contributed by atoms with van der Waals surface area (Å²) >= 11 is 0.750. The quantitative estimate of drug-likeness (QED) is 0.906. The van der Waals surface area contributed by atoms with Gasteiger partial charge in [-0.15, -0.1) is 0 Å². The number of anilines is 1. The van der Waals surface area contributed by atoms with E-state index in [-0.39, 0.29) is 5.13 Å². The number of rotatable bonds is 5. The van der Waals surface area contributed by atoms with Crippen molar-refractivity contribution in [2.45, 2.75) is 37.9 Å². The normalized spacial score (nSPS) is 17.3. The number of hydrogen-bond acceptors (Lipinski definition) is 5. The Kier molecular flexibility index (Phi) is 4.62. The van der Waals surface area contributed by atoms with Crippen LogP contribution in [0.1, 0.15) is 31.5 Å². The van der Waals surface area contributed by atoms with Crippen molar-refractivity contribution in [1.29, 1.82) is 0 Å². The van der Waals surface area contributed by atoms with E-state index in [4.69, 9.17) is 0 Å². The second kappa shape index (κ2) is 6.04. The minimum absolute atomic E-state index is 0.229. The van der Waals surface area contributed by atoms with Crippen LogP contribution in [0.15, 0.2) is 0 Å². The second-order valence-corrected chi connectivity index (χ2v) is 5.52. The lowest BCUT2D eigenvalue weighted by molar-refractivity contribution is -0.144. The Labute approximate surface area is 114 Å². The van der Waals surface area contributed by atoms with E-state index >= 15 is 0 Å². The van der Waals surface area contributed by atoms with Gasteiger partial charge in [0.05, 0.1) is 0 Å². The van der Waals surface area contributed by atoms with Gasteiger partial charge in [0.1, 0.15) is 0 Å². The Morgan fingerprint density at radius 3 is 2.63 bits per heavy atom. The standard InChI is InChI=1S/C11H17F3N4S/c1-18(8-4-2-3-5-8)7-6-15-10-16-9(17-19-10)11(12,13)14/h8H,2-7H2,1H3,(H,15,16,17). The summed E-state index contributed by atoms with van der Waals surface area (Å²) in [5.74, 6) is -1.07. The molecule has 1 aliphatic carbocycles. The first-order chi connectivity index (χ1) is 8.97. The van der Waals surface area contributed by atoms with Gasteiger partial charge in [-0.05, 0) is 19.9 Å². The highest BCUT2D eigenvalue weighted by atomic mass is 32.1. The van der Waals surface area contributed by atoms with Gasteiger partial charge in [-0.25, -0.2) is 0 Å². The van der Waals surface area contributed by atoms with Gasteiger partial charge in [0.25, 0.3) is 0 Å². The van der Waals surface area contributed by atoms with Crippen molar-refractivity contribution < 1.29 is 13.2 Å². The molecule has 0 aliphatic heterocycles. The Bertz CT molecular complexity index is 401. The predicted molar refractivity (Wildman–Crippen MR) is 68.3 cm³/mol. The molecule has 4 nitrogen and oxygen atoms in total. The number of aromatic nitrogens is 2. The van der Waals surface area contributed by atoms with Crippen LogP contribution in [0.3, 0.4) is 0 Å². The van der Waals surface area contributed by atoms with Crippen molar-refractivity contribution >= 4 is 16.7 Å². The third kappa shape index (κ3) is 4.04. The van der Waals surface area contributed by atoms with Gasteiger partial charge < -0.3 is 10.2 Å². The first-order valence-electron chi connectivity index (χ1n) is 6.32. The molecule has 1 fully saturated rings. The lowest BCUT2D eigenvalue weighted by atomic mass is 10.2. The van der Waals surface area contributed by atoms with E-state index in [9.17, 15) is 13.2 Å². The van der Waals surface area contributed by atoms with Gasteiger partial charge in [-0.2, -0.15) is 22.5 Å². The molecule has 1 aromatic heterocycles. The van der Waals surface area contributed by atoms with E-state index in [0.717, 1.165) is 18.1 Å². The molecular weight excluding hydrogens is 277 g/mol. The topological polar surface area (TPSA) is 41.0 Å². The van der Waals surface area contributed by atoms with Crippen LogP contribution in [0.25, 0.3) is 0 Å². The second-order valence-electron chi connectivity index (χ2n) is 4.77. The fourth-order valence-electron chi connectivity index (χ4n) is 2.28. The monoisotopic (exact) mass is 294 g/mol. The molecular formula is C11H17F3N4S. The fourth-order valence-corrected chi connectivity index (χ4v) is 2.89. The van der Waals surface area contributed by atoms with Crippen LogP contribution >= 0.6 is 11.5 Å². The molecule has 0 unspecified atom stereocenters. The summed E-state index contributed by atoms with van der Waals surface area (Å²) in [6.07, 6.45) is 0.514. The van der Waals surface area contributed by atoms with Crippen molar-refractivity contribution in [3.05, 3.63) is 5.82 Å². The van der Waals surface area contributed by atoms with Crippen molar-refractivity contribution in [3.8, 4) is 0 Å². The maximum atomic E-state index is 12.3. The lowest BCUT2D eigenvalue weighted by Gasteiger charge is -2.23. The third-order valence-electron chi connectivity index (χ3n) is 3.37. The molecule has 1 aromatic rings. The summed E-state index contributed by atoms with van der Waals surface area (Å²) in [5.41, 5.74) is 0. The van der Waals surface area contributed by atoms with Crippen molar-refractivity contribution in [1.82, 2.24) is 14.3 Å². The number of nitrogens with one attached hydrogen (secondary N) is 1. The molecule has 0 radical (unpaired) electrons. The smallest absolute Gasteiger partial charge is 0.359 e. The number of halogens is 3. The first-order valence-corrected chi connectivity index (χ1v) is 7.09. The van der Waals surface area contributed by atoms with Crippen LogP contribution in [0, 0.1) is 0 Å². The molecule has 1 N–H and O–H groups in total.